The smallest absolute Gasteiger partial charge is 0.244 e. The maximum absolute atomic E-state index is 13.6. The standard InChI is InChI=1S/C21H23ClF2N2O2S.ClH/c22-18-11-19(23)20(24)12-21(18)29(27,28)26-9-5-15(6-10-26)13-25-8-7-16-3-1-2-4-17(16)14-25;/h1-4,11-12,15H,5-10,13-14H2;1H. The van der Waals surface area contributed by atoms with Crippen molar-refractivity contribution < 1.29 is 17.2 Å². The van der Waals surface area contributed by atoms with E-state index in [2.05, 4.69) is 29.2 Å². The molecule has 0 atom stereocenters. The molecule has 0 bridgehead atoms. The van der Waals surface area contributed by atoms with Gasteiger partial charge in [0.1, 0.15) is 4.90 Å². The van der Waals surface area contributed by atoms with Gasteiger partial charge in [0.2, 0.25) is 10.0 Å². The zero-order valence-corrected chi connectivity index (χ0v) is 18.7. The maximum atomic E-state index is 13.6. The molecule has 0 unspecified atom stereocenters. The lowest BCUT2D eigenvalue weighted by Gasteiger charge is -2.36. The molecule has 9 heteroatoms. The van der Waals surface area contributed by atoms with Gasteiger partial charge in [-0.2, -0.15) is 4.31 Å². The van der Waals surface area contributed by atoms with E-state index in [0.29, 0.717) is 31.1 Å². The number of sulfonamides is 1. The van der Waals surface area contributed by atoms with Crippen molar-refractivity contribution in [3.63, 3.8) is 0 Å². The van der Waals surface area contributed by atoms with E-state index in [4.69, 9.17) is 11.6 Å². The van der Waals surface area contributed by atoms with Gasteiger partial charge in [-0.1, -0.05) is 35.9 Å². The van der Waals surface area contributed by atoms with Crippen LogP contribution in [0.25, 0.3) is 0 Å². The minimum absolute atomic E-state index is 0. The lowest BCUT2D eigenvalue weighted by molar-refractivity contribution is 0.171. The molecule has 1 fully saturated rings. The van der Waals surface area contributed by atoms with Crippen molar-refractivity contribution in [1.82, 2.24) is 9.21 Å². The van der Waals surface area contributed by atoms with Crippen molar-refractivity contribution in [2.75, 3.05) is 26.2 Å². The largest absolute Gasteiger partial charge is 0.298 e. The molecule has 2 aliphatic rings. The number of piperidine rings is 1. The summed E-state index contributed by atoms with van der Waals surface area (Å²) in [4.78, 5) is 2.06. The Morgan fingerprint density at radius 3 is 2.33 bits per heavy atom. The molecular formula is C21H24Cl2F2N2O2S. The van der Waals surface area contributed by atoms with E-state index in [1.807, 2.05) is 0 Å². The molecule has 2 aliphatic heterocycles. The molecular weight excluding hydrogens is 453 g/mol. The topological polar surface area (TPSA) is 40.6 Å². The summed E-state index contributed by atoms with van der Waals surface area (Å²) in [7, 11) is -3.95. The second-order valence-electron chi connectivity index (χ2n) is 7.80. The second-order valence-corrected chi connectivity index (χ2v) is 10.1. The SMILES string of the molecule is Cl.O=S(=O)(c1cc(F)c(F)cc1Cl)N1CCC(CN2CCc3ccccc3C2)CC1. The van der Waals surface area contributed by atoms with Crippen LogP contribution in [0.1, 0.15) is 24.0 Å². The molecule has 30 heavy (non-hydrogen) atoms. The van der Waals surface area contributed by atoms with Crippen molar-refractivity contribution in [2.45, 2.75) is 30.7 Å². The van der Waals surface area contributed by atoms with Crippen LogP contribution in [0, 0.1) is 17.6 Å². The molecule has 164 valence electrons. The molecule has 2 aromatic carbocycles. The summed E-state index contributed by atoms with van der Waals surface area (Å²) < 4.78 is 53.9. The van der Waals surface area contributed by atoms with Crippen LogP contribution in [-0.2, 0) is 23.0 Å². The van der Waals surface area contributed by atoms with Gasteiger partial charge >= 0.3 is 0 Å². The zero-order chi connectivity index (χ0) is 20.6. The molecule has 2 aromatic rings. The number of rotatable bonds is 4. The molecule has 0 aromatic heterocycles. The Labute approximate surface area is 187 Å². The predicted octanol–water partition coefficient (Wildman–Crippen LogP) is 4.50. The fourth-order valence-corrected chi connectivity index (χ4v) is 6.22. The molecule has 0 amide bonds. The van der Waals surface area contributed by atoms with E-state index in [1.54, 1.807) is 0 Å². The first kappa shape index (κ1) is 23.4. The van der Waals surface area contributed by atoms with Gasteiger partial charge in [-0.05, 0) is 48.4 Å². The highest BCUT2D eigenvalue weighted by molar-refractivity contribution is 7.89. The van der Waals surface area contributed by atoms with Gasteiger partial charge in [0.05, 0.1) is 5.02 Å². The highest BCUT2D eigenvalue weighted by atomic mass is 35.5. The highest BCUT2D eigenvalue weighted by Gasteiger charge is 2.32. The number of hydrogen-bond donors (Lipinski definition) is 0. The number of benzene rings is 2. The summed E-state index contributed by atoms with van der Waals surface area (Å²) in [6.07, 6.45) is 2.51. The molecule has 0 N–H and O–H groups in total. The van der Waals surface area contributed by atoms with Gasteiger partial charge in [0.15, 0.2) is 11.6 Å². The van der Waals surface area contributed by atoms with Crippen LogP contribution in [0.4, 0.5) is 8.78 Å². The van der Waals surface area contributed by atoms with E-state index < -0.39 is 21.7 Å². The minimum atomic E-state index is -3.95. The number of fused-ring (bicyclic) bond motifs is 1. The first-order valence-corrected chi connectivity index (χ1v) is 11.6. The Morgan fingerprint density at radius 2 is 1.63 bits per heavy atom. The van der Waals surface area contributed by atoms with Crippen molar-refractivity contribution in [2.24, 2.45) is 5.92 Å². The monoisotopic (exact) mass is 476 g/mol. The minimum Gasteiger partial charge on any atom is -0.298 e. The summed E-state index contributed by atoms with van der Waals surface area (Å²) in [6, 6.07) is 9.87. The second kappa shape index (κ2) is 9.49. The lowest BCUT2D eigenvalue weighted by Crippen LogP contribution is -2.42. The van der Waals surface area contributed by atoms with Crippen LogP contribution in [0.15, 0.2) is 41.3 Å². The van der Waals surface area contributed by atoms with Crippen LogP contribution in [0.2, 0.25) is 5.02 Å². The molecule has 0 saturated carbocycles. The summed E-state index contributed by atoms with van der Waals surface area (Å²) in [5.74, 6) is -1.96. The van der Waals surface area contributed by atoms with Crippen LogP contribution in [0.3, 0.4) is 0 Å². The van der Waals surface area contributed by atoms with Crippen LogP contribution in [-0.4, -0.2) is 43.8 Å². The number of halogens is 4. The van der Waals surface area contributed by atoms with Crippen molar-refractivity contribution in [1.29, 1.82) is 0 Å². The molecule has 4 nitrogen and oxygen atoms in total. The normalized spacial score (nSPS) is 18.6. The number of hydrogen-bond acceptors (Lipinski definition) is 3. The van der Waals surface area contributed by atoms with Crippen molar-refractivity contribution >= 4 is 34.0 Å². The quantitative estimate of drug-likeness (QED) is 0.609. The van der Waals surface area contributed by atoms with Gasteiger partial charge in [0, 0.05) is 32.7 Å². The average molecular weight is 477 g/mol. The van der Waals surface area contributed by atoms with Gasteiger partial charge in [-0.3, -0.25) is 4.90 Å². The van der Waals surface area contributed by atoms with E-state index in [0.717, 1.165) is 38.9 Å². The molecule has 4 rings (SSSR count). The first-order valence-electron chi connectivity index (χ1n) is 9.78. The molecule has 0 aliphatic carbocycles. The molecule has 2 heterocycles. The van der Waals surface area contributed by atoms with Gasteiger partial charge in [0.25, 0.3) is 0 Å². The third-order valence-electron chi connectivity index (χ3n) is 5.89. The third kappa shape index (κ3) is 4.81. The van der Waals surface area contributed by atoms with Crippen LogP contribution in [0.5, 0.6) is 0 Å². The lowest BCUT2D eigenvalue weighted by atomic mass is 9.94. The summed E-state index contributed by atoms with van der Waals surface area (Å²) >= 11 is 5.88. The van der Waals surface area contributed by atoms with Gasteiger partial charge < -0.3 is 0 Å². The third-order valence-corrected chi connectivity index (χ3v) is 8.26. The zero-order valence-electron chi connectivity index (χ0n) is 16.4. The first-order chi connectivity index (χ1) is 13.8. The average Bonchev–Trinajstić information content (AvgIpc) is 2.71. The fraction of sp³-hybridized carbons (Fsp3) is 0.429. The molecule has 1 saturated heterocycles. The van der Waals surface area contributed by atoms with Crippen LogP contribution < -0.4 is 0 Å². The number of nitrogens with zero attached hydrogens (tertiary/aromatic N) is 2. The summed E-state index contributed by atoms with van der Waals surface area (Å²) in [5, 5.41) is -0.294. The van der Waals surface area contributed by atoms with Crippen molar-refractivity contribution in [3.8, 4) is 0 Å². The van der Waals surface area contributed by atoms with E-state index in [9.17, 15) is 17.2 Å². The van der Waals surface area contributed by atoms with E-state index in [1.165, 1.54) is 15.4 Å². The van der Waals surface area contributed by atoms with Crippen LogP contribution >= 0.6 is 24.0 Å². The molecule has 0 radical (unpaired) electrons. The summed E-state index contributed by atoms with van der Waals surface area (Å²) in [6.45, 7) is 3.59. The van der Waals surface area contributed by atoms with Gasteiger partial charge in [-0.25, -0.2) is 17.2 Å². The predicted molar refractivity (Wildman–Crippen MR) is 116 cm³/mol. The van der Waals surface area contributed by atoms with Gasteiger partial charge in [-0.15, -0.1) is 12.4 Å². The highest BCUT2D eigenvalue weighted by Crippen LogP contribution is 2.30. The van der Waals surface area contributed by atoms with E-state index in [-0.39, 0.29) is 22.3 Å². The Bertz CT molecular complexity index is 1010. The Balaban J connectivity index is 0.00000256. The Kier molecular flexibility index (Phi) is 7.40. The fourth-order valence-electron chi connectivity index (χ4n) is 4.25. The Morgan fingerprint density at radius 1 is 1.00 bits per heavy atom. The maximum Gasteiger partial charge on any atom is 0.244 e. The van der Waals surface area contributed by atoms with Crippen molar-refractivity contribution in [3.05, 3.63) is 64.2 Å². The Hall–Kier alpha value is -1.25. The molecule has 0 spiro atoms. The summed E-state index contributed by atoms with van der Waals surface area (Å²) in [5.41, 5.74) is 2.78. The van der Waals surface area contributed by atoms with E-state index >= 15 is 0 Å².